The molecule has 218 valence electrons. The lowest BCUT2D eigenvalue weighted by Crippen LogP contribution is -2.44. The van der Waals surface area contributed by atoms with Gasteiger partial charge in [0.05, 0.1) is 33.9 Å². The molecule has 0 aliphatic heterocycles. The van der Waals surface area contributed by atoms with E-state index in [0.29, 0.717) is 13.2 Å². The van der Waals surface area contributed by atoms with Crippen molar-refractivity contribution in [1.82, 2.24) is 0 Å². The Bertz CT molecular complexity index is 896. The van der Waals surface area contributed by atoms with Crippen LogP contribution in [0.1, 0.15) is 102 Å². The van der Waals surface area contributed by atoms with Crippen molar-refractivity contribution in [3.05, 3.63) is 65.7 Å². The zero-order chi connectivity index (χ0) is 28.2. The predicted octanol–water partition coefficient (Wildman–Crippen LogP) is 8.76. The van der Waals surface area contributed by atoms with Crippen LogP contribution in [-0.4, -0.2) is 44.3 Å². The Morgan fingerprint density at radius 2 is 1.33 bits per heavy atom. The van der Waals surface area contributed by atoms with E-state index in [4.69, 9.17) is 9.47 Å². The normalized spacial score (nSPS) is 12.3. The van der Waals surface area contributed by atoms with Crippen molar-refractivity contribution in [2.75, 3.05) is 33.9 Å². The Hall–Kier alpha value is -2.33. The Balaban J connectivity index is 1.56. The third-order valence-corrected chi connectivity index (χ3v) is 7.44. The molecular weight excluding hydrogens is 482 g/mol. The number of esters is 1. The van der Waals surface area contributed by atoms with Gasteiger partial charge in [-0.3, -0.25) is 4.79 Å². The lowest BCUT2D eigenvalue weighted by molar-refractivity contribution is -0.905. The number of carbonyl (C=O) groups is 1. The first-order chi connectivity index (χ1) is 18.9. The second kappa shape index (κ2) is 19.7. The van der Waals surface area contributed by atoms with Gasteiger partial charge in [0.15, 0.2) is 0 Å². The van der Waals surface area contributed by atoms with Crippen molar-refractivity contribution in [2.45, 2.75) is 104 Å². The largest absolute Gasteiger partial charge is 0.493 e. The zero-order valence-electron chi connectivity index (χ0n) is 25.5. The van der Waals surface area contributed by atoms with E-state index in [9.17, 15) is 4.79 Å². The summed E-state index contributed by atoms with van der Waals surface area (Å²) in [6, 6.07) is 18.9. The van der Waals surface area contributed by atoms with E-state index in [1.807, 2.05) is 13.0 Å². The number of para-hydroxylation sites is 1. The van der Waals surface area contributed by atoms with Crippen molar-refractivity contribution in [3.8, 4) is 5.75 Å². The molecule has 0 spiro atoms. The Morgan fingerprint density at radius 3 is 2.03 bits per heavy atom. The molecule has 0 aliphatic rings. The lowest BCUT2D eigenvalue weighted by Gasteiger charge is -2.31. The lowest BCUT2D eigenvalue weighted by atomic mass is 10.0. The van der Waals surface area contributed by atoms with Crippen LogP contribution in [0.2, 0.25) is 0 Å². The maximum atomic E-state index is 12.5. The minimum Gasteiger partial charge on any atom is -0.493 e. The van der Waals surface area contributed by atoms with Crippen molar-refractivity contribution in [3.63, 3.8) is 0 Å². The molecule has 0 N–H and O–H groups in total. The first kappa shape index (κ1) is 32.9. The number of ether oxygens (including phenoxy) is 2. The smallest absolute Gasteiger partial charge is 0.314 e. The second-order valence-electron chi connectivity index (χ2n) is 11.9. The van der Waals surface area contributed by atoms with Crippen LogP contribution >= 0.6 is 0 Å². The molecule has 2 aromatic rings. The topological polar surface area (TPSA) is 35.5 Å². The van der Waals surface area contributed by atoms with Gasteiger partial charge in [-0.05, 0) is 44.2 Å². The average molecular weight is 539 g/mol. The maximum Gasteiger partial charge on any atom is 0.314 e. The molecule has 39 heavy (non-hydrogen) atoms. The van der Waals surface area contributed by atoms with E-state index in [1.54, 1.807) is 0 Å². The van der Waals surface area contributed by atoms with Gasteiger partial charge in [-0.15, -0.1) is 0 Å². The molecule has 2 rings (SSSR count). The van der Waals surface area contributed by atoms with E-state index in [0.717, 1.165) is 42.6 Å². The standard InChI is InChI=1S/C35H56NO3/c1-5-6-7-8-9-10-11-12-13-17-24-33-25-18-19-26-34(33)38-27-20-21-28-39-35(37)31(2)29-36(3,4)30-32-22-15-14-16-23-32/h14-16,18-19,22-23,25-26,31H,5-13,17,20-21,24,27-30H2,1-4H3/q+1. The van der Waals surface area contributed by atoms with Crippen LogP contribution in [0.25, 0.3) is 0 Å². The first-order valence-corrected chi connectivity index (χ1v) is 15.6. The monoisotopic (exact) mass is 538 g/mol. The molecule has 0 heterocycles. The van der Waals surface area contributed by atoms with Crippen molar-refractivity contribution in [1.29, 1.82) is 0 Å². The number of quaternary nitrogens is 1. The summed E-state index contributed by atoms with van der Waals surface area (Å²) in [6.45, 7) is 7.02. The van der Waals surface area contributed by atoms with Crippen molar-refractivity contribution in [2.24, 2.45) is 5.92 Å². The molecule has 0 saturated heterocycles. The highest BCUT2D eigenvalue weighted by atomic mass is 16.5. The van der Waals surface area contributed by atoms with Crippen LogP contribution in [0.15, 0.2) is 54.6 Å². The highest BCUT2D eigenvalue weighted by molar-refractivity contribution is 5.72. The summed E-state index contributed by atoms with van der Waals surface area (Å²) in [5.74, 6) is 0.784. The average Bonchev–Trinajstić information content (AvgIpc) is 2.92. The zero-order valence-corrected chi connectivity index (χ0v) is 25.5. The minimum atomic E-state index is -0.127. The molecule has 2 aromatic carbocycles. The van der Waals surface area contributed by atoms with Gasteiger partial charge in [0, 0.05) is 5.56 Å². The molecule has 1 atom stereocenters. The predicted molar refractivity (Wildman–Crippen MR) is 164 cm³/mol. The fourth-order valence-corrected chi connectivity index (χ4v) is 5.31. The van der Waals surface area contributed by atoms with Gasteiger partial charge in [-0.25, -0.2) is 0 Å². The van der Waals surface area contributed by atoms with E-state index in [1.165, 1.54) is 75.3 Å². The summed E-state index contributed by atoms with van der Waals surface area (Å²) in [7, 11) is 4.34. The molecule has 0 aromatic heterocycles. The van der Waals surface area contributed by atoms with E-state index in [-0.39, 0.29) is 11.9 Å². The maximum absolute atomic E-state index is 12.5. The van der Waals surface area contributed by atoms with Crippen molar-refractivity contribution < 1.29 is 18.8 Å². The van der Waals surface area contributed by atoms with Gasteiger partial charge in [0.25, 0.3) is 0 Å². The number of unbranched alkanes of at least 4 members (excludes halogenated alkanes) is 10. The number of benzene rings is 2. The molecule has 0 bridgehead atoms. The van der Waals surface area contributed by atoms with Gasteiger partial charge in [-0.1, -0.05) is 113 Å². The van der Waals surface area contributed by atoms with Gasteiger partial charge in [0.1, 0.15) is 18.2 Å². The molecule has 0 radical (unpaired) electrons. The van der Waals surface area contributed by atoms with Crippen LogP contribution in [0, 0.1) is 5.92 Å². The molecular formula is C35H56NO3+. The van der Waals surface area contributed by atoms with Gasteiger partial charge < -0.3 is 14.0 Å². The summed E-state index contributed by atoms with van der Waals surface area (Å²) in [4.78, 5) is 12.5. The van der Waals surface area contributed by atoms with Crippen LogP contribution in [0.4, 0.5) is 0 Å². The number of aryl methyl sites for hydroxylation is 1. The molecule has 4 nitrogen and oxygen atoms in total. The summed E-state index contributed by atoms with van der Waals surface area (Å²) in [5, 5.41) is 0. The molecule has 0 aliphatic carbocycles. The number of hydrogen-bond acceptors (Lipinski definition) is 3. The van der Waals surface area contributed by atoms with Crippen LogP contribution in [-0.2, 0) is 22.5 Å². The third kappa shape index (κ3) is 15.1. The fraction of sp³-hybridized carbons (Fsp3) is 0.629. The molecule has 0 fully saturated rings. The molecule has 4 heteroatoms. The van der Waals surface area contributed by atoms with Crippen LogP contribution in [0.3, 0.4) is 0 Å². The Morgan fingerprint density at radius 1 is 0.744 bits per heavy atom. The van der Waals surface area contributed by atoms with E-state index >= 15 is 0 Å². The SMILES string of the molecule is CCCCCCCCCCCCc1ccccc1OCCCCOC(=O)C(C)C[N+](C)(C)Cc1ccccc1. The third-order valence-electron chi connectivity index (χ3n) is 7.44. The quantitative estimate of drug-likeness (QED) is 0.0854. The van der Waals surface area contributed by atoms with Gasteiger partial charge in [0.2, 0.25) is 0 Å². The van der Waals surface area contributed by atoms with Gasteiger partial charge in [-0.2, -0.15) is 0 Å². The Kier molecular flexibility index (Phi) is 16.6. The highest BCUT2D eigenvalue weighted by Gasteiger charge is 2.25. The number of rotatable bonds is 22. The van der Waals surface area contributed by atoms with Gasteiger partial charge >= 0.3 is 5.97 Å². The molecule has 1 unspecified atom stereocenters. The minimum absolute atomic E-state index is 0.1000. The molecule has 0 saturated carbocycles. The summed E-state index contributed by atoms with van der Waals surface area (Å²) >= 11 is 0. The summed E-state index contributed by atoms with van der Waals surface area (Å²) in [5.41, 5.74) is 2.60. The number of carbonyl (C=O) groups excluding carboxylic acids is 1. The summed E-state index contributed by atoms with van der Waals surface area (Å²) < 4.78 is 12.5. The van der Waals surface area contributed by atoms with E-state index in [2.05, 4.69) is 69.6 Å². The van der Waals surface area contributed by atoms with E-state index < -0.39 is 0 Å². The molecule has 0 amide bonds. The second-order valence-corrected chi connectivity index (χ2v) is 11.9. The highest BCUT2D eigenvalue weighted by Crippen LogP contribution is 2.21. The van der Waals surface area contributed by atoms with Crippen molar-refractivity contribution >= 4 is 5.97 Å². The first-order valence-electron chi connectivity index (χ1n) is 15.6. The Labute approximate surface area is 239 Å². The summed E-state index contributed by atoms with van der Waals surface area (Å²) in [6.07, 6.45) is 16.4. The van der Waals surface area contributed by atoms with Crippen LogP contribution in [0.5, 0.6) is 5.75 Å². The van der Waals surface area contributed by atoms with Crippen LogP contribution < -0.4 is 4.74 Å². The number of hydrogen-bond donors (Lipinski definition) is 0. The fourth-order valence-electron chi connectivity index (χ4n) is 5.31. The number of nitrogens with zero attached hydrogens (tertiary/aromatic N) is 1.